The molecular weight excluding hydrogens is 276 g/mol. The van der Waals surface area contributed by atoms with E-state index >= 15 is 0 Å². The smallest absolute Gasteiger partial charge is 0.242 e. The number of nitrogens with zero attached hydrogens (tertiary/aromatic N) is 1. The Morgan fingerprint density at radius 3 is 2.60 bits per heavy atom. The van der Waals surface area contributed by atoms with Gasteiger partial charge in [0, 0.05) is 19.2 Å². The van der Waals surface area contributed by atoms with Gasteiger partial charge in [-0.3, -0.25) is 0 Å². The molecule has 1 aliphatic carbocycles. The van der Waals surface area contributed by atoms with Crippen LogP contribution in [0, 0.1) is 0 Å². The van der Waals surface area contributed by atoms with Crippen molar-refractivity contribution in [2.45, 2.75) is 36.6 Å². The van der Waals surface area contributed by atoms with Crippen LogP contribution in [0.4, 0.5) is 5.69 Å². The Morgan fingerprint density at radius 2 is 2.05 bits per heavy atom. The van der Waals surface area contributed by atoms with Crippen molar-refractivity contribution >= 4 is 15.7 Å². The third-order valence-corrected chi connectivity index (χ3v) is 5.27. The number of rotatable bonds is 7. The normalized spacial score (nSPS) is 15.9. The van der Waals surface area contributed by atoms with Crippen molar-refractivity contribution in [3.63, 3.8) is 0 Å². The van der Waals surface area contributed by atoms with Gasteiger partial charge in [0.15, 0.2) is 0 Å². The molecule has 1 aliphatic rings. The Morgan fingerprint density at radius 1 is 1.35 bits per heavy atom. The summed E-state index contributed by atoms with van der Waals surface area (Å²) in [4.78, 5) is 2.44. The minimum atomic E-state index is -3.47. The molecule has 20 heavy (non-hydrogen) atoms. The SMILES string of the molecule is CNS(=O)(=O)c1ccccc1N(CCCO)C1CCC1. The first-order valence-electron chi connectivity index (χ1n) is 7.00. The van der Waals surface area contributed by atoms with Crippen molar-refractivity contribution in [1.82, 2.24) is 4.72 Å². The summed E-state index contributed by atoms with van der Waals surface area (Å²) in [5.41, 5.74) is 0.736. The van der Waals surface area contributed by atoms with Crippen LogP contribution in [0.25, 0.3) is 0 Å². The molecule has 0 amide bonds. The van der Waals surface area contributed by atoms with Crippen molar-refractivity contribution in [1.29, 1.82) is 0 Å². The molecule has 1 saturated carbocycles. The minimum absolute atomic E-state index is 0.115. The lowest BCUT2D eigenvalue weighted by molar-refractivity contribution is 0.282. The molecule has 0 unspecified atom stereocenters. The van der Waals surface area contributed by atoms with Gasteiger partial charge in [-0.2, -0.15) is 0 Å². The van der Waals surface area contributed by atoms with E-state index in [1.807, 2.05) is 12.1 Å². The van der Waals surface area contributed by atoms with Gasteiger partial charge >= 0.3 is 0 Å². The molecule has 0 bridgehead atoms. The molecule has 0 spiro atoms. The van der Waals surface area contributed by atoms with Gasteiger partial charge in [-0.05, 0) is 44.9 Å². The van der Waals surface area contributed by atoms with Crippen LogP contribution in [0.5, 0.6) is 0 Å². The van der Waals surface area contributed by atoms with Gasteiger partial charge in [-0.25, -0.2) is 13.1 Å². The van der Waals surface area contributed by atoms with Crippen LogP contribution in [0.3, 0.4) is 0 Å². The maximum atomic E-state index is 12.1. The maximum Gasteiger partial charge on any atom is 0.242 e. The number of aliphatic hydroxyl groups excluding tert-OH is 1. The largest absolute Gasteiger partial charge is 0.396 e. The molecule has 0 heterocycles. The summed E-state index contributed by atoms with van der Waals surface area (Å²) in [5, 5.41) is 9.05. The summed E-state index contributed by atoms with van der Waals surface area (Å²) in [7, 11) is -2.05. The lowest BCUT2D eigenvalue weighted by Gasteiger charge is -2.40. The molecule has 0 saturated heterocycles. The second-order valence-corrected chi connectivity index (χ2v) is 6.89. The number of nitrogens with one attached hydrogen (secondary N) is 1. The van der Waals surface area contributed by atoms with Crippen LogP contribution in [-0.2, 0) is 10.0 Å². The van der Waals surface area contributed by atoms with Crippen LogP contribution in [0.2, 0.25) is 0 Å². The van der Waals surface area contributed by atoms with Gasteiger partial charge in [-0.1, -0.05) is 12.1 Å². The Labute approximate surface area is 120 Å². The highest BCUT2D eigenvalue weighted by Gasteiger charge is 2.28. The zero-order valence-electron chi connectivity index (χ0n) is 11.7. The topological polar surface area (TPSA) is 69.6 Å². The second kappa shape index (κ2) is 6.56. The van der Waals surface area contributed by atoms with Crippen molar-refractivity contribution in [2.75, 3.05) is 25.1 Å². The number of hydrogen-bond acceptors (Lipinski definition) is 4. The molecule has 0 aliphatic heterocycles. The van der Waals surface area contributed by atoms with Crippen LogP contribution >= 0.6 is 0 Å². The Hall–Kier alpha value is -1.11. The van der Waals surface area contributed by atoms with Gasteiger partial charge in [0.2, 0.25) is 10.0 Å². The Kier molecular flexibility index (Phi) is 5.01. The number of para-hydroxylation sites is 1. The quantitative estimate of drug-likeness (QED) is 0.797. The first-order valence-corrected chi connectivity index (χ1v) is 8.48. The van der Waals surface area contributed by atoms with E-state index in [1.54, 1.807) is 12.1 Å². The van der Waals surface area contributed by atoms with Crippen LogP contribution in [0.15, 0.2) is 29.2 Å². The van der Waals surface area contributed by atoms with Gasteiger partial charge in [-0.15, -0.1) is 0 Å². The molecule has 1 aromatic carbocycles. The molecule has 0 atom stereocenters. The summed E-state index contributed by atoms with van der Waals surface area (Å²) in [6.07, 6.45) is 3.99. The zero-order valence-corrected chi connectivity index (χ0v) is 12.6. The molecular formula is C14H22N2O3S. The molecule has 0 aromatic heterocycles. The summed E-state index contributed by atoms with van der Waals surface area (Å²) in [6, 6.07) is 7.45. The number of anilines is 1. The lowest BCUT2D eigenvalue weighted by atomic mass is 9.91. The van der Waals surface area contributed by atoms with E-state index in [-0.39, 0.29) is 6.61 Å². The first kappa shape index (κ1) is 15.3. The van der Waals surface area contributed by atoms with Crippen LogP contribution in [0.1, 0.15) is 25.7 Å². The van der Waals surface area contributed by atoms with E-state index in [9.17, 15) is 8.42 Å². The van der Waals surface area contributed by atoms with E-state index in [2.05, 4.69) is 9.62 Å². The summed E-state index contributed by atoms with van der Waals surface area (Å²) in [6.45, 7) is 0.793. The van der Waals surface area contributed by atoms with Crippen LogP contribution in [-0.4, -0.2) is 39.8 Å². The van der Waals surface area contributed by atoms with Gasteiger partial charge < -0.3 is 10.0 Å². The highest BCUT2D eigenvalue weighted by molar-refractivity contribution is 7.89. The molecule has 112 valence electrons. The molecule has 2 rings (SSSR count). The Balaban J connectivity index is 2.37. The third-order valence-electron chi connectivity index (χ3n) is 3.81. The monoisotopic (exact) mass is 298 g/mol. The molecule has 0 radical (unpaired) electrons. The first-order chi connectivity index (χ1) is 9.60. The third kappa shape index (κ3) is 3.13. The van der Waals surface area contributed by atoms with E-state index < -0.39 is 10.0 Å². The predicted molar refractivity (Wildman–Crippen MR) is 79.4 cm³/mol. The number of hydrogen-bond donors (Lipinski definition) is 2. The molecule has 1 fully saturated rings. The van der Waals surface area contributed by atoms with E-state index in [4.69, 9.17) is 5.11 Å². The average molecular weight is 298 g/mol. The summed E-state index contributed by atoms with van der Waals surface area (Å²) >= 11 is 0. The summed E-state index contributed by atoms with van der Waals surface area (Å²) in [5.74, 6) is 0. The fourth-order valence-corrected chi connectivity index (χ4v) is 3.41. The average Bonchev–Trinajstić information content (AvgIpc) is 2.41. The van der Waals surface area contributed by atoms with Crippen molar-refractivity contribution in [3.05, 3.63) is 24.3 Å². The fourth-order valence-electron chi connectivity index (χ4n) is 2.47. The van der Waals surface area contributed by atoms with Gasteiger partial charge in [0.05, 0.1) is 5.69 Å². The van der Waals surface area contributed by atoms with Crippen LogP contribution < -0.4 is 9.62 Å². The van der Waals surface area contributed by atoms with E-state index in [1.165, 1.54) is 13.5 Å². The van der Waals surface area contributed by atoms with Gasteiger partial charge in [0.25, 0.3) is 0 Å². The lowest BCUT2D eigenvalue weighted by Crippen LogP contribution is -2.42. The molecule has 6 heteroatoms. The standard InChI is InChI=1S/C14H22N2O3S/c1-15-20(18,19)14-9-3-2-8-13(14)16(10-5-11-17)12-6-4-7-12/h2-3,8-9,12,15,17H,4-7,10-11H2,1H3. The van der Waals surface area contributed by atoms with E-state index in [0.717, 1.165) is 18.5 Å². The fraction of sp³-hybridized carbons (Fsp3) is 0.571. The zero-order chi connectivity index (χ0) is 14.6. The number of aliphatic hydroxyl groups is 1. The summed E-state index contributed by atoms with van der Waals surface area (Å²) < 4.78 is 26.7. The van der Waals surface area contributed by atoms with Gasteiger partial charge in [0.1, 0.15) is 4.90 Å². The number of sulfonamides is 1. The van der Waals surface area contributed by atoms with E-state index in [0.29, 0.717) is 23.9 Å². The highest BCUT2D eigenvalue weighted by Crippen LogP contribution is 2.33. The van der Waals surface area contributed by atoms with Crippen molar-refractivity contribution < 1.29 is 13.5 Å². The Bertz CT molecular complexity index is 541. The molecule has 5 nitrogen and oxygen atoms in total. The van der Waals surface area contributed by atoms with Crippen molar-refractivity contribution in [3.8, 4) is 0 Å². The van der Waals surface area contributed by atoms with Crippen molar-refractivity contribution in [2.24, 2.45) is 0 Å². The predicted octanol–water partition coefficient (Wildman–Crippen LogP) is 1.34. The maximum absolute atomic E-state index is 12.1. The molecule has 1 aromatic rings. The second-order valence-electron chi connectivity index (χ2n) is 5.03. The minimum Gasteiger partial charge on any atom is -0.396 e. The highest BCUT2D eigenvalue weighted by atomic mass is 32.2. The molecule has 2 N–H and O–H groups in total. The number of benzene rings is 1.